The van der Waals surface area contributed by atoms with Crippen LogP contribution in [-0.4, -0.2) is 50.5 Å². The van der Waals surface area contributed by atoms with Crippen LogP contribution in [0, 0.1) is 6.92 Å². The topological polar surface area (TPSA) is 132 Å². The van der Waals surface area contributed by atoms with Gasteiger partial charge in [0.25, 0.3) is 0 Å². The summed E-state index contributed by atoms with van der Waals surface area (Å²) < 4.78 is 57.1. The van der Waals surface area contributed by atoms with Gasteiger partial charge in [0.2, 0.25) is 20.0 Å². The van der Waals surface area contributed by atoms with E-state index in [0.717, 1.165) is 3.97 Å². The zero-order valence-corrected chi connectivity index (χ0v) is 16.4. The molecule has 0 aliphatic rings. The maximum atomic E-state index is 12.4. The molecule has 0 saturated heterocycles. The summed E-state index contributed by atoms with van der Waals surface area (Å²) in [7, 11) is -6.13. The monoisotopic (exact) mass is 404 g/mol. The van der Waals surface area contributed by atoms with Crippen LogP contribution in [0.2, 0.25) is 0 Å². The summed E-state index contributed by atoms with van der Waals surface area (Å²) in [6.07, 6.45) is 0. The fourth-order valence-electron chi connectivity index (χ4n) is 2.66. The van der Waals surface area contributed by atoms with Crippen molar-refractivity contribution < 1.29 is 31.5 Å². The van der Waals surface area contributed by atoms with Crippen molar-refractivity contribution in [3.63, 3.8) is 0 Å². The quantitative estimate of drug-likeness (QED) is 0.716. The first-order valence-electron chi connectivity index (χ1n) is 7.69. The van der Waals surface area contributed by atoms with E-state index in [-0.39, 0.29) is 45.1 Å². The normalized spacial score (nSPS) is 12.3. The van der Waals surface area contributed by atoms with Crippen LogP contribution >= 0.6 is 0 Å². The number of nitrogens with one attached hydrogen (secondary N) is 1. The molecule has 9 nitrogen and oxygen atoms in total. The number of fused-ring (bicyclic) bond motifs is 1. The Morgan fingerprint density at radius 1 is 1.19 bits per heavy atom. The molecular weight excluding hydrogens is 384 g/mol. The summed E-state index contributed by atoms with van der Waals surface area (Å²) in [4.78, 5) is 11.7. The molecule has 0 unspecified atom stereocenters. The fraction of sp³-hybridized carbons (Fsp3) is 0.400. The van der Waals surface area contributed by atoms with Gasteiger partial charge in [0.1, 0.15) is 5.75 Å². The molecule has 0 fully saturated rings. The van der Waals surface area contributed by atoms with Crippen LogP contribution in [0.25, 0.3) is 10.9 Å². The van der Waals surface area contributed by atoms with E-state index in [1.54, 1.807) is 0 Å². The number of hydrogen-bond acceptors (Lipinski definition) is 6. The first-order valence-corrected chi connectivity index (χ1v) is 10.9. The van der Waals surface area contributed by atoms with Gasteiger partial charge in [-0.25, -0.2) is 25.6 Å². The summed E-state index contributed by atoms with van der Waals surface area (Å²) in [6.45, 7) is 4.28. The highest BCUT2D eigenvalue weighted by molar-refractivity contribution is 7.92. The lowest BCUT2D eigenvalue weighted by atomic mass is 10.1. The van der Waals surface area contributed by atoms with Crippen LogP contribution in [0.5, 0.6) is 5.75 Å². The van der Waals surface area contributed by atoms with Crippen molar-refractivity contribution in [1.82, 2.24) is 3.97 Å². The zero-order chi connectivity index (χ0) is 19.9. The van der Waals surface area contributed by atoms with Crippen molar-refractivity contribution in [3.8, 4) is 5.75 Å². The summed E-state index contributed by atoms with van der Waals surface area (Å²) in [5.41, 5.74) is -0.0306. The number of methoxy groups -OCH3 is 1. The molecule has 26 heavy (non-hydrogen) atoms. The van der Waals surface area contributed by atoms with Gasteiger partial charge in [-0.1, -0.05) is 0 Å². The number of nitrogens with zero attached hydrogens (tertiary/aromatic N) is 1. The molecule has 144 valence electrons. The van der Waals surface area contributed by atoms with Gasteiger partial charge in [0.15, 0.2) is 0 Å². The molecule has 0 radical (unpaired) electrons. The van der Waals surface area contributed by atoms with Crippen LogP contribution in [0.3, 0.4) is 0 Å². The minimum atomic E-state index is -3.79. The van der Waals surface area contributed by atoms with Crippen LogP contribution in [-0.2, 0) is 20.0 Å². The molecule has 2 aromatic rings. The highest BCUT2D eigenvalue weighted by Gasteiger charge is 2.27. The summed E-state index contributed by atoms with van der Waals surface area (Å²) in [5, 5.41) is 9.63. The van der Waals surface area contributed by atoms with Gasteiger partial charge in [-0.05, 0) is 26.8 Å². The van der Waals surface area contributed by atoms with Crippen LogP contribution in [0.15, 0.2) is 12.1 Å². The minimum Gasteiger partial charge on any atom is -0.494 e. The van der Waals surface area contributed by atoms with Crippen molar-refractivity contribution in [1.29, 1.82) is 0 Å². The third-order valence-corrected chi connectivity index (χ3v) is 7.02. The summed E-state index contributed by atoms with van der Waals surface area (Å²) >= 11 is 0. The third kappa shape index (κ3) is 3.36. The SMILES string of the molecule is CCS(=O)(=O)Nc1cc2c(C(=O)O)c(C)n(S(=O)(=O)CC)c2cc1OC. The molecule has 0 aliphatic heterocycles. The fourth-order valence-corrected chi connectivity index (χ4v) is 4.52. The molecule has 2 rings (SSSR count). The van der Waals surface area contributed by atoms with Crippen LogP contribution in [0.4, 0.5) is 5.69 Å². The van der Waals surface area contributed by atoms with E-state index in [2.05, 4.69) is 4.72 Å². The van der Waals surface area contributed by atoms with Gasteiger partial charge in [-0.3, -0.25) is 4.72 Å². The number of aromatic nitrogens is 1. The Bertz CT molecular complexity index is 1080. The lowest BCUT2D eigenvalue weighted by Crippen LogP contribution is -2.17. The molecule has 1 aromatic heterocycles. The van der Waals surface area contributed by atoms with Gasteiger partial charge in [-0.2, -0.15) is 0 Å². The average Bonchev–Trinajstić information content (AvgIpc) is 2.85. The second-order valence-electron chi connectivity index (χ2n) is 5.51. The molecule has 0 saturated carbocycles. The lowest BCUT2D eigenvalue weighted by Gasteiger charge is -2.13. The Balaban J connectivity index is 2.96. The number of carboxylic acid groups (broad SMARTS) is 1. The number of aromatic carboxylic acids is 1. The van der Waals surface area contributed by atoms with Crippen molar-refractivity contribution in [2.75, 3.05) is 23.3 Å². The second-order valence-corrected chi connectivity index (χ2v) is 9.62. The van der Waals surface area contributed by atoms with E-state index in [1.165, 1.54) is 40.0 Å². The van der Waals surface area contributed by atoms with Crippen molar-refractivity contribution in [3.05, 3.63) is 23.4 Å². The minimum absolute atomic E-state index is 0.0342. The number of sulfonamides is 1. The Morgan fingerprint density at radius 3 is 2.27 bits per heavy atom. The van der Waals surface area contributed by atoms with Gasteiger partial charge < -0.3 is 9.84 Å². The van der Waals surface area contributed by atoms with Crippen molar-refractivity contribution in [2.24, 2.45) is 0 Å². The number of benzene rings is 1. The highest BCUT2D eigenvalue weighted by Crippen LogP contribution is 2.36. The van der Waals surface area contributed by atoms with E-state index in [9.17, 15) is 26.7 Å². The van der Waals surface area contributed by atoms with Crippen molar-refractivity contribution in [2.45, 2.75) is 20.8 Å². The molecule has 0 bridgehead atoms. The smallest absolute Gasteiger partial charge is 0.338 e. The van der Waals surface area contributed by atoms with E-state index >= 15 is 0 Å². The first-order chi connectivity index (χ1) is 12.0. The number of rotatable bonds is 7. The Labute approximate surface area is 151 Å². The molecular formula is C15H20N2O7S2. The molecule has 1 aromatic carbocycles. The zero-order valence-electron chi connectivity index (χ0n) is 14.7. The third-order valence-electron chi connectivity index (χ3n) is 3.97. The highest BCUT2D eigenvalue weighted by atomic mass is 32.2. The largest absolute Gasteiger partial charge is 0.494 e. The van der Waals surface area contributed by atoms with Crippen molar-refractivity contribution >= 4 is 42.6 Å². The maximum Gasteiger partial charge on any atom is 0.338 e. The molecule has 1 heterocycles. The summed E-state index contributed by atoms with van der Waals surface area (Å²) in [5.74, 6) is -1.66. The van der Waals surface area contributed by atoms with E-state index < -0.39 is 26.0 Å². The van der Waals surface area contributed by atoms with Gasteiger partial charge in [0.05, 0.1) is 35.4 Å². The number of anilines is 1. The molecule has 0 atom stereocenters. The van der Waals surface area contributed by atoms with E-state index in [4.69, 9.17) is 4.74 Å². The molecule has 11 heteroatoms. The number of carbonyl (C=O) groups is 1. The molecule has 2 N–H and O–H groups in total. The standard InChI is InChI=1S/C15H20N2O7S2/c1-5-25(20,21)16-11-7-10-12(8-13(11)24-4)17(26(22,23)6-2)9(3)14(10)15(18)19/h7-8,16H,5-6H2,1-4H3,(H,18,19). The van der Waals surface area contributed by atoms with Gasteiger partial charge in [0, 0.05) is 17.1 Å². The maximum absolute atomic E-state index is 12.4. The van der Waals surface area contributed by atoms with Crippen LogP contribution < -0.4 is 9.46 Å². The Morgan fingerprint density at radius 2 is 1.81 bits per heavy atom. The Kier molecular flexibility index (Phi) is 5.24. The Hall–Kier alpha value is -2.27. The molecule has 0 spiro atoms. The number of carboxylic acids is 1. The van der Waals surface area contributed by atoms with E-state index in [1.807, 2.05) is 0 Å². The van der Waals surface area contributed by atoms with Crippen LogP contribution in [0.1, 0.15) is 29.9 Å². The lowest BCUT2D eigenvalue weighted by molar-refractivity contribution is 0.0698. The number of ether oxygens (including phenoxy) is 1. The first kappa shape index (κ1) is 20.0. The average molecular weight is 404 g/mol. The summed E-state index contributed by atoms with van der Waals surface area (Å²) in [6, 6.07) is 2.59. The molecule has 0 aliphatic carbocycles. The predicted octanol–water partition coefficient (Wildman–Crippen LogP) is 1.62. The predicted molar refractivity (Wildman–Crippen MR) is 98.1 cm³/mol. The number of hydrogen-bond donors (Lipinski definition) is 2. The second kappa shape index (κ2) is 6.80. The molecule has 0 amide bonds. The van der Waals surface area contributed by atoms with Gasteiger partial charge in [-0.15, -0.1) is 0 Å². The van der Waals surface area contributed by atoms with Gasteiger partial charge >= 0.3 is 5.97 Å². The van der Waals surface area contributed by atoms with E-state index in [0.29, 0.717) is 0 Å².